The number of carbonyl (C=O) groups excluding carboxylic acids is 1. The monoisotopic (exact) mass is 290 g/mol. The van der Waals surface area contributed by atoms with Gasteiger partial charge in [-0.25, -0.2) is 5.43 Å². The Bertz CT molecular complexity index is 609. The van der Waals surface area contributed by atoms with Crippen LogP contribution >= 0.6 is 11.3 Å². The molecule has 104 valence electrons. The number of hydrazone groups is 1. The summed E-state index contributed by atoms with van der Waals surface area (Å²) in [4.78, 5) is 12.2. The first-order valence-electron chi connectivity index (χ1n) is 6.03. The first-order valence-corrected chi connectivity index (χ1v) is 6.91. The van der Waals surface area contributed by atoms with E-state index in [1.165, 1.54) is 23.6 Å². The van der Waals surface area contributed by atoms with Crippen molar-refractivity contribution in [2.45, 2.75) is 6.92 Å². The number of phenolic OH excluding ortho intramolecular Hbond substituents is 1. The molecule has 0 bridgehead atoms. The van der Waals surface area contributed by atoms with E-state index in [2.05, 4.69) is 10.5 Å². The van der Waals surface area contributed by atoms with E-state index in [0.29, 0.717) is 22.8 Å². The van der Waals surface area contributed by atoms with Crippen molar-refractivity contribution in [3.63, 3.8) is 0 Å². The van der Waals surface area contributed by atoms with Gasteiger partial charge in [0.2, 0.25) is 0 Å². The molecule has 1 amide bonds. The molecule has 0 saturated carbocycles. The van der Waals surface area contributed by atoms with E-state index < -0.39 is 0 Å². The first-order chi connectivity index (χ1) is 9.70. The third-order valence-electron chi connectivity index (χ3n) is 2.43. The molecule has 1 aromatic carbocycles. The van der Waals surface area contributed by atoms with Crippen LogP contribution in [0.4, 0.5) is 0 Å². The first kappa shape index (κ1) is 14.1. The van der Waals surface area contributed by atoms with Crippen molar-refractivity contribution in [2.24, 2.45) is 5.10 Å². The van der Waals surface area contributed by atoms with Gasteiger partial charge in [-0.2, -0.15) is 5.10 Å². The summed E-state index contributed by atoms with van der Waals surface area (Å²) in [6, 6.07) is 8.41. The predicted molar refractivity (Wildman–Crippen MR) is 78.7 cm³/mol. The molecule has 0 atom stereocenters. The third-order valence-corrected chi connectivity index (χ3v) is 3.30. The molecule has 6 heteroatoms. The van der Waals surface area contributed by atoms with Gasteiger partial charge < -0.3 is 9.84 Å². The number of benzene rings is 1. The minimum absolute atomic E-state index is 0.0464. The second-order valence-electron chi connectivity index (χ2n) is 3.83. The maximum absolute atomic E-state index is 11.6. The van der Waals surface area contributed by atoms with Crippen LogP contribution in [0.25, 0.3) is 0 Å². The summed E-state index contributed by atoms with van der Waals surface area (Å²) in [6.07, 6.45) is 1.39. The zero-order chi connectivity index (χ0) is 14.4. The standard InChI is InChI=1S/C14H14N2O3S/c1-2-19-11-6-5-10(12(17)8-11)9-15-16-14(18)13-4-3-7-20-13/h3-9,17H,2H2,1H3,(H,16,18)/b15-9-. The maximum atomic E-state index is 11.6. The topological polar surface area (TPSA) is 70.9 Å². The highest BCUT2D eigenvalue weighted by molar-refractivity contribution is 7.12. The second kappa shape index (κ2) is 6.72. The fourth-order valence-corrected chi connectivity index (χ4v) is 2.13. The Morgan fingerprint density at radius 1 is 1.50 bits per heavy atom. The smallest absolute Gasteiger partial charge is 0.281 e. The SMILES string of the molecule is CCOc1ccc(/C=N\NC(=O)c2cccs2)c(O)c1. The van der Waals surface area contributed by atoms with Gasteiger partial charge in [-0.3, -0.25) is 4.79 Å². The molecule has 0 radical (unpaired) electrons. The van der Waals surface area contributed by atoms with Crippen molar-refractivity contribution in [3.8, 4) is 11.5 Å². The number of rotatable bonds is 5. The summed E-state index contributed by atoms with van der Waals surface area (Å²) in [7, 11) is 0. The summed E-state index contributed by atoms with van der Waals surface area (Å²) in [5.41, 5.74) is 2.90. The lowest BCUT2D eigenvalue weighted by atomic mass is 10.2. The number of carbonyl (C=O) groups is 1. The number of amides is 1. The number of aromatic hydroxyl groups is 1. The molecule has 2 N–H and O–H groups in total. The third kappa shape index (κ3) is 3.58. The Balaban J connectivity index is 1.99. The van der Waals surface area contributed by atoms with Gasteiger partial charge in [0, 0.05) is 11.6 Å². The molecule has 20 heavy (non-hydrogen) atoms. The summed E-state index contributed by atoms with van der Waals surface area (Å²) in [5.74, 6) is 0.358. The molecule has 2 aromatic rings. The quantitative estimate of drug-likeness (QED) is 0.657. The average molecular weight is 290 g/mol. The van der Waals surface area contributed by atoms with E-state index >= 15 is 0 Å². The van der Waals surface area contributed by atoms with Crippen LogP contribution in [-0.4, -0.2) is 23.8 Å². The van der Waals surface area contributed by atoms with Gasteiger partial charge in [-0.05, 0) is 30.5 Å². The number of phenols is 1. The molecule has 0 saturated heterocycles. The highest BCUT2D eigenvalue weighted by Crippen LogP contribution is 2.22. The molecular formula is C14H14N2O3S. The molecular weight excluding hydrogens is 276 g/mol. The second-order valence-corrected chi connectivity index (χ2v) is 4.78. The van der Waals surface area contributed by atoms with Crippen LogP contribution in [0.5, 0.6) is 11.5 Å². The summed E-state index contributed by atoms with van der Waals surface area (Å²) < 4.78 is 5.26. The minimum Gasteiger partial charge on any atom is -0.507 e. The largest absolute Gasteiger partial charge is 0.507 e. The molecule has 0 spiro atoms. The van der Waals surface area contributed by atoms with E-state index in [1.807, 2.05) is 12.3 Å². The van der Waals surface area contributed by atoms with Crippen molar-refractivity contribution in [1.82, 2.24) is 5.43 Å². The van der Waals surface area contributed by atoms with Gasteiger partial charge in [-0.1, -0.05) is 6.07 Å². The van der Waals surface area contributed by atoms with E-state index in [-0.39, 0.29) is 11.7 Å². The lowest BCUT2D eigenvalue weighted by Gasteiger charge is -2.04. The number of hydrogen-bond acceptors (Lipinski definition) is 5. The zero-order valence-corrected chi connectivity index (χ0v) is 11.7. The molecule has 0 aliphatic carbocycles. The number of nitrogens with zero attached hydrogens (tertiary/aromatic N) is 1. The Hall–Kier alpha value is -2.34. The Kier molecular flexibility index (Phi) is 4.73. The van der Waals surface area contributed by atoms with E-state index in [4.69, 9.17) is 4.74 Å². The average Bonchev–Trinajstić information content (AvgIpc) is 2.95. The fraction of sp³-hybridized carbons (Fsp3) is 0.143. The van der Waals surface area contributed by atoms with Crippen LogP contribution in [0.2, 0.25) is 0 Å². The Morgan fingerprint density at radius 2 is 2.35 bits per heavy atom. The number of thiophene rings is 1. The molecule has 1 heterocycles. The van der Waals surface area contributed by atoms with Crippen LogP contribution < -0.4 is 10.2 Å². The Morgan fingerprint density at radius 3 is 3.00 bits per heavy atom. The van der Waals surface area contributed by atoms with Crippen molar-refractivity contribution in [3.05, 3.63) is 46.2 Å². The van der Waals surface area contributed by atoms with Crippen molar-refractivity contribution < 1.29 is 14.6 Å². The molecule has 5 nitrogen and oxygen atoms in total. The lowest BCUT2D eigenvalue weighted by molar-refractivity contribution is 0.0959. The van der Waals surface area contributed by atoms with E-state index in [0.717, 1.165) is 0 Å². The highest BCUT2D eigenvalue weighted by Gasteiger charge is 2.04. The van der Waals surface area contributed by atoms with E-state index in [1.54, 1.807) is 24.3 Å². The van der Waals surface area contributed by atoms with Crippen molar-refractivity contribution in [2.75, 3.05) is 6.61 Å². The minimum atomic E-state index is -0.276. The van der Waals surface area contributed by atoms with Gasteiger partial charge in [0.15, 0.2) is 0 Å². The van der Waals surface area contributed by atoms with Crippen LogP contribution in [0, 0.1) is 0 Å². The molecule has 0 aliphatic heterocycles. The van der Waals surface area contributed by atoms with Crippen LogP contribution in [0.1, 0.15) is 22.2 Å². The number of hydrogen-bond donors (Lipinski definition) is 2. The number of nitrogens with one attached hydrogen (secondary N) is 1. The summed E-state index contributed by atoms with van der Waals surface area (Å²) in [5, 5.41) is 15.4. The molecule has 1 aromatic heterocycles. The normalized spacial score (nSPS) is 10.7. The fourth-order valence-electron chi connectivity index (χ4n) is 1.51. The van der Waals surface area contributed by atoms with Crippen molar-refractivity contribution in [1.29, 1.82) is 0 Å². The van der Waals surface area contributed by atoms with E-state index in [9.17, 15) is 9.90 Å². The van der Waals surface area contributed by atoms with Crippen LogP contribution in [-0.2, 0) is 0 Å². The van der Waals surface area contributed by atoms with Crippen LogP contribution in [0.15, 0.2) is 40.8 Å². The summed E-state index contributed by atoms with van der Waals surface area (Å²) in [6.45, 7) is 2.40. The number of ether oxygens (including phenoxy) is 1. The Labute approximate surface area is 120 Å². The molecule has 0 fully saturated rings. The van der Waals surface area contributed by atoms with Gasteiger partial charge in [0.25, 0.3) is 5.91 Å². The van der Waals surface area contributed by atoms with Gasteiger partial charge >= 0.3 is 0 Å². The maximum Gasteiger partial charge on any atom is 0.281 e. The predicted octanol–water partition coefficient (Wildman–Crippen LogP) is 2.62. The van der Waals surface area contributed by atoms with Crippen LogP contribution in [0.3, 0.4) is 0 Å². The van der Waals surface area contributed by atoms with Gasteiger partial charge in [0.05, 0.1) is 17.7 Å². The highest BCUT2D eigenvalue weighted by atomic mass is 32.1. The van der Waals surface area contributed by atoms with Gasteiger partial charge in [-0.15, -0.1) is 11.3 Å². The molecule has 0 aliphatic rings. The summed E-state index contributed by atoms with van der Waals surface area (Å²) >= 11 is 1.34. The molecule has 0 unspecified atom stereocenters. The zero-order valence-electron chi connectivity index (χ0n) is 10.9. The molecule has 2 rings (SSSR count). The van der Waals surface area contributed by atoms with Crippen molar-refractivity contribution >= 4 is 23.5 Å². The lowest BCUT2D eigenvalue weighted by Crippen LogP contribution is -2.16. The van der Waals surface area contributed by atoms with Gasteiger partial charge in [0.1, 0.15) is 11.5 Å².